The predicted molar refractivity (Wildman–Crippen MR) is 108 cm³/mol. The highest BCUT2D eigenvalue weighted by Gasteiger charge is 2.20. The van der Waals surface area contributed by atoms with Gasteiger partial charge in [0.05, 0.1) is 16.8 Å². The average molecular weight is 379 g/mol. The van der Waals surface area contributed by atoms with Crippen molar-refractivity contribution < 1.29 is 9.59 Å². The van der Waals surface area contributed by atoms with Crippen molar-refractivity contribution in [2.75, 3.05) is 18.5 Å². The van der Waals surface area contributed by atoms with Gasteiger partial charge in [-0.15, -0.1) is 11.3 Å². The molecule has 0 radical (unpaired) electrons. The minimum atomic E-state index is -0.0502. The first kappa shape index (κ1) is 17.7. The van der Waals surface area contributed by atoms with E-state index in [2.05, 4.69) is 4.98 Å². The summed E-state index contributed by atoms with van der Waals surface area (Å²) >= 11 is 1.61. The molecule has 2 amide bonds. The van der Waals surface area contributed by atoms with Crippen LogP contribution < -0.4 is 4.90 Å². The van der Waals surface area contributed by atoms with Crippen molar-refractivity contribution in [2.24, 2.45) is 0 Å². The van der Waals surface area contributed by atoms with Crippen LogP contribution in [-0.2, 0) is 11.3 Å². The van der Waals surface area contributed by atoms with Gasteiger partial charge in [0.1, 0.15) is 5.01 Å². The molecule has 0 aliphatic carbocycles. The number of benzene rings is 2. The molecule has 1 aliphatic heterocycles. The van der Waals surface area contributed by atoms with E-state index in [0.717, 1.165) is 40.3 Å². The van der Waals surface area contributed by atoms with Crippen molar-refractivity contribution in [2.45, 2.75) is 25.8 Å². The van der Waals surface area contributed by atoms with Crippen LogP contribution in [0.1, 0.15) is 34.6 Å². The standard InChI is InChI=1S/C21H21N3O2S/c1-23(14-19-22-17-6-2-3-7-18(17)27-19)21(26)15-9-11-16(12-10-15)24-13-5-4-8-20(24)25/h2-3,6-7,9-12H,4-5,8,13-14H2,1H3. The number of amides is 2. The Balaban J connectivity index is 1.45. The number of anilines is 1. The summed E-state index contributed by atoms with van der Waals surface area (Å²) in [5, 5.41) is 0.919. The molecule has 0 unspecified atom stereocenters. The Bertz CT molecular complexity index is 948. The highest BCUT2D eigenvalue weighted by molar-refractivity contribution is 7.18. The van der Waals surface area contributed by atoms with Crippen LogP contribution in [0.4, 0.5) is 5.69 Å². The molecule has 1 fully saturated rings. The summed E-state index contributed by atoms with van der Waals surface area (Å²) in [6.07, 6.45) is 2.59. The number of thiazole rings is 1. The highest BCUT2D eigenvalue weighted by Crippen LogP contribution is 2.24. The Morgan fingerprint density at radius 3 is 2.67 bits per heavy atom. The first-order valence-electron chi connectivity index (χ1n) is 9.12. The van der Waals surface area contributed by atoms with Crippen LogP contribution in [0.15, 0.2) is 48.5 Å². The Morgan fingerprint density at radius 2 is 1.93 bits per heavy atom. The summed E-state index contributed by atoms with van der Waals surface area (Å²) in [6.45, 7) is 1.23. The fourth-order valence-corrected chi connectivity index (χ4v) is 4.37. The molecule has 0 atom stereocenters. The van der Waals surface area contributed by atoms with Crippen LogP contribution in [0, 0.1) is 0 Å². The Hall–Kier alpha value is -2.73. The maximum atomic E-state index is 12.7. The third-order valence-electron chi connectivity index (χ3n) is 4.81. The third kappa shape index (κ3) is 3.71. The number of carbonyl (C=O) groups is 2. The average Bonchev–Trinajstić information content (AvgIpc) is 3.10. The van der Waals surface area contributed by atoms with Gasteiger partial charge in [0.25, 0.3) is 5.91 Å². The Labute approximate surface area is 162 Å². The smallest absolute Gasteiger partial charge is 0.253 e. The first-order chi connectivity index (χ1) is 13.1. The summed E-state index contributed by atoms with van der Waals surface area (Å²) in [4.78, 5) is 32.9. The SMILES string of the molecule is CN(Cc1nc2ccccc2s1)C(=O)c1ccc(N2CCCCC2=O)cc1. The van der Waals surface area contributed by atoms with Crippen LogP contribution in [0.5, 0.6) is 0 Å². The molecule has 1 aromatic heterocycles. The number of carbonyl (C=O) groups excluding carboxylic acids is 2. The second-order valence-electron chi connectivity index (χ2n) is 6.79. The van der Waals surface area contributed by atoms with Crippen molar-refractivity contribution in [3.8, 4) is 0 Å². The number of nitrogens with zero attached hydrogens (tertiary/aromatic N) is 3. The Morgan fingerprint density at radius 1 is 1.15 bits per heavy atom. The topological polar surface area (TPSA) is 53.5 Å². The number of rotatable bonds is 4. The minimum absolute atomic E-state index is 0.0502. The lowest BCUT2D eigenvalue weighted by molar-refractivity contribution is -0.119. The normalized spacial score (nSPS) is 14.6. The van der Waals surface area contributed by atoms with Gasteiger partial charge in [0, 0.05) is 31.3 Å². The summed E-state index contributed by atoms with van der Waals surface area (Å²) in [7, 11) is 1.79. The molecule has 3 aromatic rings. The van der Waals surface area contributed by atoms with E-state index in [9.17, 15) is 9.59 Å². The highest BCUT2D eigenvalue weighted by atomic mass is 32.1. The second-order valence-corrected chi connectivity index (χ2v) is 7.90. The van der Waals surface area contributed by atoms with Crippen molar-refractivity contribution in [1.82, 2.24) is 9.88 Å². The van der Waals surface area contributed by atoms with Gasteiger partial charge in [-0.05, 0) is 49.2 Å². The second kappa shape index (κ2) is 7.48. The summed E-state index contributed by atoms with van der Waals surface area (Å²) < 4.78 is 1.13. The molecule has 1 saturated heterocycles. The molecular formula is C21H21N3O2S. The van der Waals surface area contributed by atoms with Crippen LogP contribution in [0.25, 0.3) is 10.2 Å². The Kier molecular flexibility index (Phi) is 4.90. The van der Waals surface area contributed by atoms with Gasteiger partial charge >= 0.3 is 0 Å². The lowest BCUT2D eigenvalue weighted by Gasteiger charge is -2.27. The molecule has 5 nitrogen and oxygen atoms in total. The van der Waals surface area contributed by atoms with Crippen LogP contribution in [0.2, 0.25) is 0 Å². The predicted octanol–water partition coefficient (Wildman–Crippen LogP) is 4.09. The molecule has 2 heterocycles. The summed E-state index contributed by atoms with van der Waals surface area (Å²) in [5.74, 6) is 0.110. The molecule has 27 heavy (non-hydrogen) atoms. The van der Waals surface area contributed by atoms with E-state index < -0.39 is 0 Å². The molecule has 6 heteroatoms. The molecule has 0 saturated carbocycles. The van der Waals surface area contributed by atoms with Crippen LogP contribution in [-0.4, -0.2) is 35.3 Å². The van der Waals surface area contributed by atoms with E-state index in [0.29, 0.717) is 18.5 Å². The largest absolute Gasteiger partial charge is 0.335 e. The number of aromatic nitrogens is 1. The molecule has 0 bridgehead atoms. The van der Waals surface area contributed by atoms with Gasteiger partial charge in [-0.3, -0.25) is 9.59 Å². The molecule has 1 aliphatic rings. The summed E-state index contributed by atoms with van der Waals surface area (Å²) in [6, 6.07) is 15.3. The maximum absolute atomic E-state index is 12.7. The quantitative estimate of drug-likeness (QED) is 0.686. The van der Waals surface area contributed by atoms with Crippen molar-refractivity contribution in [3.05, 3.63) is 59.1 Å². The van der Waals surface area contributed by atoms with E-state index in [1.807, 2.05) is 41.3 Å². The van der Waals surface area contributed by atoms with E-state index in [1.165, 1.54) is 0 Å². The van der Waals surface area contributed by atoms with E-state index in [4.69, 9.17) is 0 Å². The maximum Gasteiger partial charge on any atom is 0.253 e. The number of para-hydroxylation sites is 1. The van der Waals surface area contributed by atoms with Gasteiger partial charge in [-0.25, -0.2) is 4.98 Å². The van der Waals surface area contributed by atoms with E-state index in [1.54, 1.807) is 35.4 Å². The van der Waals surface area contributed by atoms with E-state index >= 15 is 0 Å². The van der Waals surface area contributed by atoms with Gasteiger partial charge in [0.2, 0.25) is 5.91 Å². The van der Waals surface area contributed by atoms with Crippen LogP contribution >= 0.6 is 11.3 Å². The van der Waals surface area contributed by atoms with Gasteiger partial charge in [-0.2, -0.15) is 0 Å². The van der Waals surface area contributed by atoms with Crippen molar-refractivity contribution >= 4 is 39.1 Å². The lowest BCUT2D eigenvalue weighted by atomic mass is 10.1. The van der Waals surface area contributed by atoms with Crippen molar-refractivity contribution in [3.63, 3.8) is 0 Å². The van der Waals surface area contributed by atoms with Crippen molar-refractivity contribution in [1.29, 1.82) is 0 Å². The van der Waals surface area contributed by atoms with Gasteiger partial charge in [-0.1, -0.05) is 12.1 Å². The lowest BCUT2D eigenvalue weighted by Crippen LogP contribution is -2.35. The zero-order valence-corrected chi connectivity index (χ0v) is 16.0. The molecule has 2 aromatic carbocycles. The molecular weight excluding hydrogens is 358 g/mol. The number of fused-ring (bicyclic) bond motifs is 1. The van der Waals surface area contributed by atoms with Gasteiger partial charge in [0.15, 0.2) is 0 Å². The number of hydrogen-bond acceptors (Lipinski definition) is 4. The summed E-state index contributed by atoms with van der Waals surface area (Å²) in [5.41, 5.74) is 2.45. The van der Waals surface area contributed by atoms with E-state index in [-0.39, 0.29) is 11.8 Å². The zero-order valence-electron chi connectivity index (χ0n) is 15.2. The number of piperidine rings is 1. The third-order valence-corrected chi connectivity index (χ3v) is 5.83. The fourth-order valence-electron chi connectivity index (χ4n) is 3.35. The molecule has 138 valence electrons. The van der Waals surface area contributed by atoms with Gasteiger partial charge < -0.3 is 9.80 Å². The minimum Gasteiger partial charge on any atom is -0.335 e. The first-order valence-corrected chi connectivity index (χ1v) is 9.94. The zero-order chi connectivity index (χ0) is 18.8. The van der Waals surface area contributed by atoms with Crippen LogP contribution in [0.3, 0.4) is 0 Å². The fraction of sp³-hybridized carbons (Fsp3) is 0.286. The molecule has 0 spiro atoms. The monoisotopic (exact) mass is 379 g/mol. The molecule has 4 rings (SSSR count). The molecule has 0 N–H and O–H groups in total. The number of hydrogen-bond donors (Lipinski definition) is 0.